The van der Waals surface area contributed by atoms with Gasteiger partial charge in [-0.3, -0.25) is 4.79 Å². The van der Waals surface area contributed by atoms with Crippen LogP contribution in [0.2, 0.25) is 10.0 Å². The lowest BCUT2D eigenvalue weighted by Crippen LogP contribution is -2.10. The number of aldehydes is 1. The predicted molar refractivity (Wildman–Crippen MR) is 83.1 cm³/mol. The first-order valence-corrected chi connectivity index (χ1v) is 7.15. The Balaban J connectivity index is 3.27. The standard InChI is InChI=1S/C14H18Cl2O6/c1-18-4-6-21-13-10(15)9(8-17)12(20-3)11(16)14(13)22-7-5-19-2/h8H,4-7H2,1-3H3. The van der Waals surface area contributed by atoms with Crippen molar-refractivity contribution in [2.45, 2.75) is 0 Å². The Bertz CT molecular complexity index is 507. The molecule has 6 nitrogen and oxygen atoms in total. The van der Waals surface area contributed by atoms with Crippen LogP contribution < -0.4 is 14.2 Å². The first-order valence-electron chi connectivity index (χ1n) is 6.39. The third-order valence-corrected chi connectivity index (χ3v) is 3.39. The van der Waals surface area contributed by atoms with Gasteiger partial charge in [0.2, 0.25) is 0 Å². The Labute approximate surface area is 139 Å². The Kier molecular flexibility index (Phi) is 8.34. The van der Waals surface area contributed by atoms with Crippen LogP contribution in [0.25, 0.3) is 0 Å². The maximum atomic E-state index is 11.2. The van der Waals surface area contributed by atoms with Crippen molar-refractivity contribution in [3.8, 4) is 17.2 Å². The van der Waals surface area contributed by atoms with Gasteiger partial charge < -0.3 is 23.7 Å². The third kappa shape index (κ3) is 4.39. The van der Waals surface area contributed by atoms with E-state index in [0.717, 1.165) is 0 Å². The summed E-state index contributed by atoms with van der Waals surface area (Å²) in [5, 5.41) is 0.178. The largest absolute Gasteiger partial charge is 0.494 e. The number of halogens is 2. The highest BCUT2D eigenvalue weighted by atomic mass is 35.5. The molecule has 22 heavy (non-hydrogen) atoms. The molecule has 0 spiro atoms. The lowest BCUT2D eigenvalue weighted by Gasteiger charge is -2.19. The van der Waals surface area contributed by atoms with Crippen molar-refractivity contribution < 1.29 is 28.5 Å². The van der Waals surface area contributed by atoms with Crippen molar-refractivity contribution >= 4 is 29.5 Å². The smallest absolute Gasteiger partial charge is 0.185 e. The molecule has 8 heteroatoms. The van der Waals surface area contributed by atoms with E-state index in [1.165, 1.54) is 7.11 Å². The molecule has 124 valence electrons. The van der Waals surface area contributed by atoms with Gasteiger partial charge in [0.25, 0.3) is 0 Å². The van der Waals surface area contributed by atoms with Gasteiger partial charge in [0, 0.05) is 14.2 Å². The van der Waals surface area contributed by atoms with Gasteiger partial charge in [0.05, 0.1) is 25.9 Å². The zero-order valence-electron chi connectivity index (χ0n) is 12.6. The van der Waals surface area contributed by atoms with Crippen molar-refractivity contribution in [3.63, 3.8) is 0 Å². The molecule has 0 N–H and O–H groups in total. The summed E-state index contributed by atoms with van der Waals surface area (Å²) in [6, 6.07) is 0. The minimum absolute atomic E-state index is 0.0692. The van der Waals surface area contributed by atoms with Gasteiger partial charge >= 0.3 is 0 Å². The maximum Gasteiger partial charge on any atom is 0.185 e. The molecule has 0 radical (unpaired) electrons. The van der Waals surface area contributed by atoms with Crippen LogP contribution in [0, 0.1) is 0 Å². The minimum Gasteiger partial charge on any atom is -0.494 e. The highest BCUT2D eigenvalue weighted by Gasteiger charge is 2.25. The molecule has 0 aliphatic rings. The molecule has 0 amide bonds. The van der Waals surface area contributed by atoms with E-state index < -0.39 is 0 Å². The molecule has 0 atom stereocenters. The van der Waals surface area contributed by atoms with Gasteiger partial charge in [-0.25, -0.2) is 0 Å². The van der Waals surface area contributed by atoms with E-state index in [0.29, 0.717) is 19.5 Å². The summed E-state index contributed by atoms with van der Waals surface area (Å²) < 4.78 is 26.1. The van der Waals surface area contributed by atoms with E-state index >= 15 is 0 Å². The molecule has 0 saturated heterocycles. The summed E-state index contributed by atoms with van der Waals surface area (Å²) in [7, 11) is 4.47. The summed E-state index contributed by atoms with van der Waals surface area (Å²) >= 11 is 12.5. The van der Waals surface area contributed by atoms with Crippen molar-refractivity contribution in [2.75, 3.05) is 47.8 Å². The lowest BCUT2D eigenvalue weighted by atomic mass is 10.2. The molecule has 0 unspecified atom stereocenters. The van der Waals surface area contributed by atoms with Gasteiger partial charge in [-0.05, 0) is 0 Å². The fraction of sp³-hybridized carbons (Fsp3) is 0.500. The highest BCUT2D eigenvalue weighted by Crippen LogP contribution is 2.49. The van der Waals surface area contributed by atoms with Gasteiger partial charge in [-0.2, -0.15) is 0 Å². The van der Waals surface area contributed by atoms with Crippen LogP contribution in [0.3, 0.4) is 0 Å². The number of carbonyl (C=O) groups is 1. The molecule has 0 heterocycles. The zero-order chi connectivity index (χ0) is 16.5. The number of ether oxygens (including phenoxy) is 5. The van der Waals surface area contributed by atoms with Crippen LogP contribution in [0.5, 0.6) is 17.2 Å². The van der Waals surface area contributed by atoms with E-state index in [9.17, 15) is 4.79 Å². The SMILES string of the molecule is COCCOc1c(Cl)c(C=O)c(OC)c(Cl)c1OCCOC. The average Bonchev–Trinajstić information content (AvgIpc) is 2.52. The van der Waals surface area contributed by atoms with Crippen molar-refractivity contribution in [3.05, 3.63) is 15.6 Å². The second-order valence-corrected chi connectivity index (χ2v) is 4.79. The summed E-state index contributed by atoms with van der Waals surface area (Å²) in [5.74, 6) is 0.498. The maximum absolute atomic E-state index is 11.2. The van der Waals surface area contributed by atoms with Crippen LogP contribution in [-0.4, -0.2) is 54.0 Å². The van der Waals surface area contributed by atoms with Crippen molar-refractivity contribution in [2.24, 2.45) is 0 Å². The van der Waals surface area contributed by atoms with E-state index in [4.69, 9.17) is 46.9 Å². The second-order valence-electron chi connectivity index (χ2n) is 4.03. The highest BCUT2D eigenvalue weighted by molar-refractivity contribution is 6.39. The van der Waals surface area contributed by atoms with Crippen LogP contribution in [0.15, 0.2) is 0 Å². The molecular formula is C14H18Cl2O6. The summed E-state index contributed by atoms with van der Waals surface area (Å²) in [6.45, 7) is 1.14. The molecule has 0 aliphatic heterocycles. The van der Waals surface area contributed by atoms with Gasteiger partial charge in [-0.15, -0.1) is 0 Å². The molecule has 1 aromatic rings. The fourth-order valence-corrected chi connectivity index (χ4v) is 2.25. The number of methoxy groups -OCH3 is 3. The summed E-state index contributed by atoms with van der Waals surface area (Å²) in [4.78, 5) is 11.2. The van der Waals surface area contributed by atoms with Crippen LogP contribution >= 0.6 is 23.2 Å². The van der Waals surface area contributed by atoms with Crippen LogP contribution in [0.4, 0.5) is 0 Å². The summed E-state index contributed by atoms with van der Waals surface area (Å²) in [6.07, 6.45) is 0.551. The Morgan fingerprint density at radius 3 is 1.73 bits per heavy atom. The molecule has 1 aromatic carbocycles. The molecule has 1 rings (SSSR count). The third-order valence-electron chi connectivity index (χ3n) is 2.68. The number of hydrogen-bond acceptors (Lipinski definition) is 6. The Morgan fingerprint density at radius 1 is 0.818 bits per heavy atom. The predicted octanol–water partition coefficient (Wildman–Crippen LogP) is 2.86. The first-order chi connectivity index (χ1) is 10.6. The van der Waals surface area contributed by atoms with Crippen LogP contribution in [0.1, 0.15) is 10.4 Å². The van der Waals surface area contributed by atoms with E-state index in [1.807, 2.05) is 0 Å². The molecule has 0 aromatic heterocycles. The van der Waals surface area contributed by atoms with Crippen molar-refractivity contribution in [1.82, 2.24) is 0 Å². The molecule has 0 fully saturated rings. The Morgan fingerprint density at radius 2 is 1.32 bits per heavy atom. The molecule has 0 aliphatic carbocycles. The van der Waals surface area contributed by atoms with Crippen LogP contribution in [-0.2, 0) is 9.47 Å². The molecule has 0 bridgehead atoms. The number of rotatable bonds is 10. The van der Waals surface area contributed by atoms with Gasteiger partial charge in [0.15, 0.2) is 23.5 Å². The first kappa shape index (κ1) is 18.8. The zero-order valence-corrected chi connectivity index (χ0v) is 14.1. The fourth-order valence-electron chi connectivity index (χ4n) is 1.66. The minimum atomic E-state index is 0.0692. The molecule has 0 saturated carbocycles. The monoisotopic (exact) mass is 352 g/mol. The van der Waals surface area contributed by atoms with E-state index in [-0.39, 0.29) is 46.1 Å². The topological polar surface area (TPSA) is 63.2 Å². The quantitative estimate of drug-likeness (QED) is 0.476. The second kappa shape index (κ2) is 9.74. The molecular weight excluding hydrogens is 335 g/mol. The summed E-state index contributed by atoms with van der Waals surface area (Å²) in [5.41, 5.74) is 0.0978. The van der Waals surface area contributed by atoms with E-state index in [1.54, 1.807) is 14.2 Å². The normalized spacial score (nSPS) is 10.4. The van der Waals surface area contributed by atoms with Crippen molar-refractivity contribution in [1.29, 1.82) is 0 Å². The van der Waals surface area contributed by atoms with Gasteiger partial charge in [-0.1, -0.05) is 23.2 Å². The number of benzene rings is 1. The number of carbonyl (C=O) groups excluding carboxylic acids is 1. The number of hydrogen-bond donors (Lipinski definition) is 0. The average molecular weight is 353 g/mol. The Hall–Kier alpha value is -1.21. The van der Waals surface area contributed by atoms with Gasteiger partial charge in [0.1, 0.15) is 23.3 Å². The lowest BCUT2D eigenvalue weighted by molar-refractivity contribution is 0.111. The van der Waals surface area contributed by atoms with E-state index in [2.05, 4.69) is 0 Å².